The zero-order valence-corrected chi connectivity index (χ0v) is 12.9. The Kier molecular flexibility index (Phi) is 5.33. The molecule has 0 aliphatic carbocycles. The van der Waals surface area contributed by atoms with E-state index < -0.39 is 11.6 Å². The molecule has 0 atom stereocenters. The number of allylic oxidation sites excluding steroid dienone is 1. The Morgan fingerprint density at radius 1 is 1.14 bits per heavy atom. The molecular formula is C17H14F2O2S. The number of halogens is 2. The summed E-state index contributed by atoms with van der Waals surface area (Å²) in [6, 6.07) is 8.63. The van der Waals surface area contributed by atoms with Gasteiger partial charge < -0.3 is 4.74 Å². The van der Waals surface area contributed by atoms with Crippen molar-refractivity contribution in [2.75, 3.05) is 13.4 Å². The van der Waals surface area contributed by atoms with Crippen molar-refractivity contribution >= 4 is 23.6 Å². The molecule has 0 N–H and O–H groups in total. The SMILES string of the molecule is COc1cc(C(=O)/C=C/c2ccc(F)c(F)c2)ccc1SC. The highest BCUT2D eigenvalue weighted by atomic mass is 32.2. The van der Waals surface area contributed by atoms with Gasteiger partial charge in [-0.15, -0.1) is 11.8 Å². The Bertz CT molecular complexity index is 727. The molecule has 2 aromatic carbocycles. The Morgan fingerprint density at radius 2 is 1.91 bits per heavy atom. The number of ether oxygens (including phenoxy) is 1. The Morgan fingerprint density at radius 3 is 2.55 bits per heavy atom. The van der Waals surface area contributed by atoms with E-state index in [1.54, 1.807) is 19.2 Å². The van der Waals surface area contributed by atoms with Gasteiger partial charge in [0.15, 0.2) is 17.4 Å². The topological polar surface area (TPSA) is 26.3 Å². The lowest BCUT2D eigenvalue weighted by atomic mass is 10.1. The van der Waals surface area contributed by atoms with Gasteiger partial charge >= 0.3 is 0 Å². The lowest BCUT2D eigenvalue weighted by Gasteiger charge is -2.07. The molecular weight excluding hydrogens is 306 g/mol. The molecule has 0 heterocycles. The van der Waals surface area contributed by atoms with Crippen molar-refractivity contribution < 1.29 is 18.3 Å². The molecule has 0 saturated heterocycles. The molecule has 2 rings (SSSR count). The molecule has 0 aliphatic heterocycles. The Balaban J connectivity index is 2.21. The third kappa shape index (κ3) is 3.74. The van der Waals surface area contributed by atoms with Crippen LogP contribution < -0.4 is 4.74 Å². The number of benzene rings is 2. The van der Waals surface area contributed by atoms with Crippen LogP contribution in [-0.4, -0.2) is 19.1 Å². The zero-order chi connectivity index (χ0) is 16.1. The standard InChI is InChI=1S/C17H14F2O2S/c1-21-16-10-12(5-8-17(16)22-2)15(20)7-4-11-3-6-13(18)14(19)9-11/h3-10H,1-2H3/b7-4+. The van der Waals surface area contributed by atoms with E-state index in [0.717, 1.165) is 17.0 Å². The molecule has 0 aliphatic rings. The molecule has 2 aromatic rings. The van der Waals surface area contributed by atoms with E-state index in [1.165, 1.54) is 30.0 Å². The summed E-state index contributed by atoms with van der Waals surface area (Å²) in [4.78, 5) is 13.1. The lowest BCUT2D eigenvalue weighted by molar-refractivity contribution is 0.104. The minimum atomic E-state index is -0.944. The molecule has 0 amide bonds. The van der Waals surface area contributed by atoms with Crippen molar-refractivity contribution in [2.45, 2.75) is 4.90 Å². The molecule has 5 heteroatoms. The van der Waals surface area contributed by atoms with E-state index in [-0.39, 0.29) is 5.78 Å². The van der Waals surface area contributed by atoms with Crippen LogP contribution in [0.4, 0.5) is 8.78 Å². The summed E-state index contributed by atoms with van der Waals surface area (Å²) in [5.74, 6) is -1.48. The van der Waals surface area contributed by atoms with Crippen LogP contribution in [0.3, 0.4) is 0 Å². The van der Waals surface area contributed by atoms with Crippen LogP contribution in [-0.2, 0) is 0 Å². The Labute approximate surface area is 131 Å². The number of ketones is 1. The van der Waals surface area contributed by atoms with E-state index in [1.807, 2.05) is 12.3 Å². The predicted octanol–water partition coefficient (Wildman–Crippen LogP) is 4.59. The maximum atomic E-state index is 13.1. The summed E-state index contributed by atoms with van der Waals surface area (Å²) in [7, 11) is 1.54. The number of carbonyl (C=O) groups excluding carboxylic acids is 1. The van der Waals surface area contributed by atoms with Gasteiger partial charge in [-0.3, -0.25) is 4.79 Å². The minimum Gasteiger partial charge on any atom is -0.496 e. The van der Waals surface area contributed by atoms with Crippen LogP contribution in [0.1, 0.15) is 15.9 Å². The average molecular weight is 320 g/mol. The first-order valence-electron chi connectivity index (χ1n) is 6.44. The van der Waals surface area contributed by atoms with Crippen molar-refractivity contribution in [3.05, 3.63) is 65.2 Å². The first kappa shape index (κ1) is 16.2. The quantitative estimate of drug-likeness (QED) is 0.458. The van der Waals surface area contributed by atoms with Crippen LogP contribution in [0.5, 0.6) is 5.75 Å². The van der Waals surface area contributed by atoms with Crippen molar-refractivity contribution in [2.24, 2.45) is 0 Å². The van der Waals surface area contributed by atoms with Gasteiger partial charge in [0.05, 0.1) is 7.11 Å². The van der Waals surface area contributed by atoms with Crippen LogP contribution >= 0.6 is 11.8 Å². The van der Waals surface area contributed by atoms with Gasteiger partial charge in [-0.05, 0) is 48.2 Å². The molecule has 22 heavy (non-hydrogen) atoms. The van der Waals surface area contributed by atoms with Gasteiger partial charge in [0.2, 0.25) is 0 Å². The average Bonchev–Trinajstić information content (AvgIpc) is 2.54. The summed E-state index contributed by atoms with van der Waals surface area (Å²) in [6.07, 6.45) is 4.68. The first-order chi connectivity index (χ1) is 10.5. The van der Waals surface area contributed by atoms with Crippen LogP contribution in [0.15, 0.2) is 47.4 Å². The van der Waals surface area contributed by atoms with Crippen molar-refractivity contribution in [1.82, 2.24) is 0 Å². The molecule has 0 unspecified atom stereocenters. The number of rotatable bonds is 5. The largest absolute Gasteiger partial charge is 0.496 e. The number of thioether (sulfide) groups is 1. The van der Waals surface area contributed by atoms with Crippen LogP contribution in [0.2, 0.25) is 0 Å². The fourth-order valence-electron chi connectivity index (χ4n) is 1.87. The molecule has 0 fully saturated rings. The molecule has 0 saturated carbocycles. The Hall–Kier alpha value is -2.14. The van der Waals surface area contributed by atoms with Gasteiger partial charge in [-0.1, -0.05) is 12.1 Å². The second kappa shape index (κ2) is 7.22. The molecule has 114 valence electrons. The van der Waals surface area contributed by atoms with Crippen molar-refractivity contribution in [1.29, 1.82) is 0 Å². The number of methoxy groups -OCH3 is 1. The van der Waals surface area contributed by atoms with E-state index in [4.69, 9.17) is 4.74 Å². The highest BCUT2D eigenvalue weighted by molar-refractivity contribution is 7.98. The normalized spacial score (nSPS) is 10.9. The van der Waals surface area contributed by atoms with E-state index in [9.17, 15) is 13.6 Å². The van der Waals surface area contributed by atoms with Gasteiger partial charge in [0.25, 0.3) is 0 Å². The summed E-state index contributed by atoms with van der Waals surface area (Å²) in [5, 5.41) is 0. The maximum Gasteiger partial charge on any atom is 0.185 e. The van der Waals surface area contributed by atoms with Gasteiger partial charge in [0, 0.05) is 10.5 Å². The maximum absolute atomic E-state index is 13.1. The molecule has 0 aromatic heterocycles. The monoisotopic (exact) mass is 320 g/mol. The van der Waals surface area contributed by atoms with Crippen LogP contribution in [0.25, 0.3) is 6.08 Å². The predicted molar refractivity (Wildman–Crippen MR) is 84.5 cm³/mol. The van der Waals surface area contributed by atoms with E-state index in [2.05, 4.69) is 0 Å². The van der Waals surface area contributed by atoms with Crippen molar-refractivity contribution in [3.63, 3.8) is 0 Å². The van der Waals surface area contributed by atoms with Crippen molar-refractivity contribution in [3.8, 4) is 5.75 Å². The summed E-state index contributed by atoms with van der Waals surface area (Å²) >= 11 is 1.52. The second-order valence-electron chi connectivity index (χ2n) is 4.44. The fourth-order valence-corrected chi connectivity index (χ4v) is 2.42. The van der Waals surface area contributed by atoms with Gasteiger partial charge in [0.1, 0.15) is 5.75 Å². The van der Waals surface area contributed by atoms with Crippen LogP contribution in [0, 0.1) is 11.6 Å². The third-order valence-corrected chi connectivity index (χ3v) is 3.82. The number of hydrogen-bond donors (Lipinski definition) is 0. The minimum absolute atomic E-state index is 0.240. The smallest absolute Gasteiger partial charge is 0.185 e. The number of carbonyl (C=O) groups is 1. The summed E-state index contributed by atoms with van der Waals surface area (Å²) in [6.45, 7) is 0. The highest BCUT2D eigenvalue weighted by Gasteiger charge is 2.08. The van der Waals surface area contributed by atoms with E-state index >= 15 is 0 Å². The summed E-state index contributed by atoms with van der Waals surface area (Å²) in [5.41, 5.74) is 0.883. The lowest BCUT2D eigenvalue weighted by Crippen LogP contribution is -1.96. The molecule has 0 bridgehead atoms. The fraction of sp³-hybridized carbons (Fsp3) is 0.118. The molecule has 0 radical (unpaired) electrons. The summed E-state index contributed by atoms with van der Waals surface area (Å²) < 4.78 is 31.2. The zero-order valence-electron chi connectivity index (χ0n) is 12.1. The number of hydrogen-bond acceptors (Lipinski definition) is 3. The first-order valence-corrected chi connectivity index (χ1v) is 7.67. The van der Waals surface area contributed by atoms with E-state index in [0.29, 0.717) is 16.9 Å². The van der Waals surface area contributed by atoms with Gasteiger partial charge in [-0.25, -0.2) is 8.78 Å². The highest BCUT2D eigenvalue weighted by Crippen LogP contribution is 2.28. The van der Waals surface area contributed by atoms with Gasteiger partial charge in [-0.2, -0.15) is 0 Å². The molecule has 2 nitrogen and oxygen atoms in total. The third-order valence-electron chi connectivity index (χ3n) is 3.04. The molecule has 0 spiro atoms. The second-order valence-corrected chi connectivity index (χ2v) is 5.29.